The zero-order chi connectivity index (χ0) is 44.4. The Labute approximate surface area is 365 Å². The lowest BCUT2D eigenvalue weighted by Gasteiger charge is -2.38. The molecule has 1 atom stereocenters. The number of piperidine rings is 2. The lowest BCUT2D eigenvalue weighted by atomic mass is 9.91. The minimum absolute atomic E-state index is 0.0603. The number of halogens is 2. The molecular weight excluding hydrogens is 813 g/mol. The molecule has 3 fully saturated rings. The Morgan fingerprint density at radius 3 is 2.46 bits per heavy atom. The van der Waals surface area contributed by atoms with E-state index in [2.05, 4.69) is 30.7 Å². The zero-order valence-corrected chi connectivity index (χ0v) is 35.6. The van der Waals surface area contributed by atoms with Gasteiger partial charge in [-0.15, -0.1) is 0 Å². The molecule has 2 aromatic carbocycles. The molecule has 8 rings (SSSR count). The maximum Gasteiger partial charge on any atom is 0.264 e. The van der Waals surface area contributed by atoms with Gasteiger partial charge in [0.15, 0.2) is 0 Å². The molecule has 5 amide bonds. The maximum atomic E-state index is 14.5. The summed E-state index contributed by atoms with van der Waals surface area (Å²) in [5, 5.41) is 18.7. The number of alkyl halides is 2. The van der Waals surface area contributed by atoms with Gasteiger partial charge in [0.25, 0.3) is 18.2 Å². The van der Waals surface area contributed by atoms with Crippen molar-refractivity contribution < 1.29 is 32.8 Å². The maximum absolute atomic E-state index is 14.5. The standard InChI is InChI=1S/C45H55F2N11O5/c1-50-23-29(22-48)32-20-27-5-3-13-57(37(27)21-33(32)41(46)47)42(49)34-24-51-12-9-35(34)52-30-10-14-56(15-11-30)39(60)26-55-18-16-54(17-19-55)25-28-4-2-6-31-40(28)45(63)58(44(31)62)36-7-8-38(59)53-43(36)61/h2,4,6,20-23,30,36,41,49,51-52H,3,5,7-19,24-26,48H2,1H3,(H,53,59,61)/b29-22+,49-42?,50-23?. The van der Waals surface area contributed by atoms with E-state index in [0.717, 1.165) is 47.5 Å². The first kappa shape index (κ1) is 43.8. The summed E-state index contributed by atoms with van der Waals surface area (Å²) in [5.41, 5.74) is 11.0. The van der Waals surface area contributed by atoms with E-state index >= 15 is 0 Å². The summed E-state index contributed by atoms with van der Waals surface area (Å²) < 4.78 is 28.9. The van der Waals surface area contributed by atoms with Crippen LogP contribution in [0.3, 0.4) is 0 Å². The summed E-state index contributed by atoms with van der Waals surface area (Å²) in [6, 6.07) is 7.56. The highest BCUT2D eigenvalue weighted by Gasteiger charge is 2.45. The van der Waals surface area contributed by atoms with E-state index < -0.39 is 36.1 Å². The second kappa shape index (κ2) is 18.9. The van der Waals surface area contributed by atoms with Crippen molar-refractivity contribution in [3.8, 4) is 0 Å². The van der Waals surface area contributed by atoms with Crippen molar-refractivity contribution in [3.63, 3.8) is 0 Å². The number of hydrogen-bond donors (Lipinski definition) is 5. The monoisotopic (exact) mass is 867 g/mol. The van der Waals surface area contributed by atoms with Gasteiger partial charge in [-0.2, -0.15) is 0 Å². The number of carbonyl (C=O) groups excluding carboxylic acids is 5. The molecule has 6 heterocycles. The minimum atomic E-state index is -2.74. The van der Waals surface area contributed by atoms with E-state index in [0.29, 0.717) is 112 Å². The van der Waals surface area contributed by atoms with E-state index in [1.54, 1.807) is 25.2 Å². The Kier molecular flexibility index (Phi) is 13.1. The molecule has 0 aliphatic carbocycles. The van der Waals surface area contributed by atoms with Gasteiger partial charge in [0.1, 0.15) is 11.9 Å². The summed E-state index contributed by atoms with van der Waals surface area (Å²) in [6.07, 6.45) is 3.88. The smallest absolute Gasteiger partial charge is 0.264 e. The number of nitrogens with two attached hydrogens (primary N) is 1. The number of nitrogens with one attached hydrogen (secondary N) is 4. The number of nitrogens with zero attached hydrogens (tertiary/aromatic N) is 6. The fourth-order valence-corrected chi connectivity index (χ4v) is 9.76. The first-order chi connectivity index (χ1) is 30.4. The third kappa shape index (κ3) is 9.01. The van der Waals surface area contributed by atoms with Crippen LogP contribution in [0, 0.1) is 5.41 Å². The predicted molar refractivity (Wildman–Crippen MR) is 233 cm³/mol. The lowest BCUT2D eigenvalue weighted by molar-refractivity contribution is -0.136. The molecule has 1 unspecified atom stereocenters. The third-order valence-electron chi connectivity index (χ3n) is 13.1. The molecule has 0 aromatic heterocycles. The van der Waals surface area contributed by atoms with Gasteiger partial charge in [0.05, 0.1) is 17.7 Å². The van der Waals surface area contributed by atoms with Crippen LogP contribution in [0.2, 0.25) is 0 Å². The minimum Gasteiger partial charge on any atom is -0.404 e. The van der Waals surface area contributed by atoms with Crippen molar-refractivity contribution in [2.24, 2.45) is 10.7 Å². The van der Waals surface area contributed by atoms with Crippen LogP contribution in [0.15, 0.2) is 52.8 Å². The molecule has 18 heteroatoms. The second-order valence-electron chi connectivity index (χ2n) is 17.0. The average molecular weight is 868 g/mol. The predicted octanol–water partition coefficient (Wildman–Crippen LogP) is 2.40. The number of hydrogen-bond acceptors (Lipinski definition) is 12. The van der Waals surface area contributed by atoms with Crippen molar-refractivity contribution in [1.82, 2.24) is 35.6 Å². The summed E-state index contributed by atoms with van der Waals surface area (Å²) >= 11 is 0. The SMILES string of the molecule is CN=C/C(=C\N)c1cc2c(cc1C(F)F)N(C(=N)C1=C(NC3CCN(C(=O)CN4CCN(Cc5cccc6c5C(=O)N(C5CCC(=O)NC5=O)C6=O)CC4)CC3)CCNC1)CCC2. The number of amides is 5. The Hall–Kier alpha value is -5.85. The lowest BCUT2D eigenvalue weighted by Crippen LogP contribution is -2.54. The van der Waals surface area contributed by atoms with Crippen molar-refractivity contribution in [3.05, 3.63) is 81.2 Å². The number of rotatable bonds is 11. The van der Waals surface area contributed by atoms with Crippen LogP contribution in [0.25, 0.3) is 5.57 Å². The molecule has 0 spiro atoms. The molecule has 0 saturated carbocycles. The van der Waals surface area contributed by atoms with Crippen LogP contribution in [-0.4, -0.2) is 146 Å². The quantitative estimate of drug-likeness (QED) is 0.126. The number of allylic oxidation sites excluding steroid dienone is 1. The van der Waals surface area contributed by atoms with Gasteiger partial charge in [-0.05, 0) is 67.0 Å². The first-order valence-electron chi connectivity index (χ1n) is 21.9. The fraction of sp³-hybridized carbons (Fsp3) is 0.489. The zero-order valence-electron chi connectivity index (χ0n) is 35.6. The molecule has 6 aliphatic heterocycles. The van der Waals surface area contributed by atoms with E-state index in [4.69, 9.17) is 5.73 Å². The number of carbonyl (C=O) groups is 5. The molecule has 0 radical (unpaired) electrons. The van der Waals surface area contributed by atoms with Gasteiger partial charge in [0, 0.05) is 132 Å². The highest BCUT2D eigenvalue weighted by atomic mass is 19.3. The Balaban J connectivity index is 0.839. The molecule has 6 aliphatic rings. The van der Waals surface area contributed by atoms with E-state index in [1.165, 1.54) is 18.5 Å². The highest BCUT2D eigenvalue weighted by molar-refractivity contribution is 6.24. The van der Waals surface area contributed by atoms with Gasteiger partial charge in [-0.3, -0.25) is 54.4 Å². The molecule has 334 valence electrons. The van der Waals surface area contributed by atoms with Gasteiger partial charge < -0.3 is 26.2 Å². The molecule has 2 aromatic rings. The largest absolute Gasteiger partial charge is 0.404 e. The normalized spacial score (nSPS) is 22.0. The van der Waals surface area contributed by atoms with E-state index in [1.807, 2.05) is 15.9 Å². The molecule has 16 nitrogen and oxygen atoms in total. The average Bonchev–Trinajstić information content (AvgIpc) is 3.54. The van der Waals surface area contributed by atoms with Crippen LogP contribution in [0.4, 0.5) is 14.5 Å². The Morgan fingerprint density at radius 1 is 0.984 bits per heavy atom. The number of piperazine rings is 1. The van der Waals surface area contributed by atoms with Crippen molar-refractivity contribution in [1.29, 1.82) is 5.41 Å². The second-order valence-corrected chi connectivity index (χ2v) is 17.0. The first-order valence-corrected chi connectivity index (χ1v) is 21.9. The summed E-state index contributed by atoms with van der Waals surface area (Å²) in [7, 11) is 1.57. The van der Waals surface area contributed by atoms with E-state index in [-0.39, 0.29) is 35.9 Å². The van der Waals surface area contributed by atoms with Crippen molar-refractivity contribution in [2.45, 2.75) is 70.0 Å². The number of aryl methyl sites for hydroxylation is 1. The molecule has 6 N–H and O–H groups in total. The van der Waals surface area contributed by atoms with Gasteiger partial charge in [-0.1, -0.05) is 12.1 Å². The van der Waals surface area contributed by atoms with Gasteiger partial charge in [-0.25, -0.2) is 8.78 Å². The number of imide groups is 2. The van der Waals surface area contributed by atoms with Crippen molar-refractivity contribution in [2.75, 3.05) is 77.4 Å². The fourth-order valence-electron chi connectivity index (χ4n) is 9.76. The van der Waals surface area contributed by atoms with Crippen molar-refractivity contribution >= 4 is 52.8 Å². The Bertz CT molecular complexity index is 2280. The van der Waals surface area contributed by atoms with E-state index in [9.17, 15) is 38.2 Å². The number of fused-ring (bicyclic) bond motifs is 2. The van der Waals surface area contributed by atoms with Gasteiger partial charge >= 0.3 is 0 Å². The van der Waals surface area contributed by atoms with Crippen LogP contribution in [0.5, 0.6) is 0 Å². The Morgan fingerprint density at radius 2 is 1.75 bits per heavy atom. The number of anilines is 1. The van der Waals surface area contributed by atoms with Crippen LogP contribution < -0.4 is 26.6 Å². The number of amidine groups is 1. The number of aliphatic imine (C=N–C) groups is 1. The molecule has 3 saturated heterocycles. The van der Waals surface area contributed by atoms with Crippen LogP contribution >= 0.6 is 0 Å². The van der Waals surface area contributed by atoms with Crippen LogP contribution in [0.1, 0.15) is 87.9 Å². The van der Waals surface area contributed by atoms with Gasteiger partial charge in [0.2, 0.25) is 17.7 Å². The molecule has 0 bridgehead atoms. The molecular formula is C45H55F2N11O5. The third-order valence-corrected chi connectivity index (χ3v) is 13.1. The van der Waals surface area contributed by atoms with Crippen LogP contribution in [-0.2, 0) is 27.3 Å². The summed E-state index contributed by atoms with van der Waals surface area (Å²) in [5.74, 6) is -1.72. The summed E-state index contributed by atoms with van der Waals surface area (Å²) in [4.78, 5) is 77.8. The summed E-state index contributed by atoms with van der Waals surface area (Å²) in [6.45, 7) is 6.40. The molecule has 63 heavy (non-hydrogen) atoms. The number of benzene rings is 2. The number of likely N-dealkylation sites (tertiary alicyclic amines) is 1. The highest BCUT2D eigenvalue weighted by Crippen LogP contribution is 2.38. The topological polar surface area (TPSA) is 200 Å².